The Hall–Kier alpha value is -3.34. The molecule has 0 amide bonds. The van der Waals surface area contributed by atoms with Crippen LogP contribution in [0, 0.1) is 0 Å². The van der Waals surface area contributed by atoms with Gasteiger partial charge in [-0.1, -0.05) is 36.4 Å². The third-order valence-electron chi connectivity index (χ3n) is 6.00. The van der Waals surface area contributed by atoms with Gasteiger partial charge in [-0.3, -0.25) is 0 Å². The number of benzene rings is 3. The number of phenols is 1. The highest BCUT2D eigenvalue weighted by Gasteiger charge is 2.36. The number of hydrogen-bond donors (Lipinski definition) is 1. The summed E-state index contributed by atoms with van der Waals surface area (Å²) in [4.78, 5) is 0.267. The molecule has 176 valence electrons. The first-order valence-electron chi connectivity index (χ1n) is 10.5. The molecular weight excluding hydrogens is 476 g/mol. The molecule has 1 aliphatic rings. The number of phenolic OH excluding ortho intramolecular Hbond substituents is 1. The Kier molecular flexibility index (Phi) is 5.38. The molecular formula is C24H22N2O6S2. The predicted molar refractivity (Wildman–Crippen MR) is 127 cm³/mol. The van der Waals surface area contributed by atoms with E-state index in [4.69, 9.17) is 4.74 Å². The molecule has 0 saturated carbocycles. The number of aromatic nitrogens is 1. The number of aromatic hydroxyl groups is 1. The standard InChI is InChI=1S/C24H22N2O6S2/c1-32-23-15-17(27)14-20-21-16-25(33(28,29)18-8-4-2-5-9-18)13-12-22(21)26(24(20)23)34(30,31)19-10-6-3-7-11-19/h2-11,14-15,27H,12-13,16H2,1H3. The summed E-state index contributed by atoms with van der Waals surface area (Å²) in [5.74, 6) is 0.0748. The van der Waals surface area contributed by atoms with E-state index in [1.807, 2.05) is 0 Å². The van der Waals surface area contributed by atoms with Crippen LogP contribution in [-0.4, -0.2) is 43.9 Å². The zero-order valence-corrected chi connectivity index (χ0v) is 19.9. The van der Waals surface area contributed by atoms with Gasteiger partial charge in [0.1, 0.15) is 17.0 Å². The van der Waals surface area contributed by atoms with Crippen LogP contribution in [0.1, 0.15) is 11.3 Å². The minimum Gasteiger partial charge on any atom is -0.508 e. The van der Waals surface area contributed by atoms with E-state index >= 15 is 0 Å². The molecule has 0 spiro atoms. The first-order valence-corrected chi connectivity index (χ1v) is 13.4. The molecule has 0 fully saturated rings. The summed E-state index contributed by atoms with van der Waals surface area (Å²) >= 11 is 0. The van der Waals surface area contributed by atoms with Crippen molar-refractivity contribution in [1.29, 1.82) is 0 Å². The number of ether oxygens (including phenoxy) is 1. The van der Waals surface area contributed by atoms with Crippen LogP contribution < -0.4 is 4.74 Å². The average Bonchev–Trinajstić information content (AvgIpc) is 3.19. The molecule has 0 bridgehead atoms. The minimum absolute atomic E-state index is 0.0347. The lowest BCUT2D eigenvalue weighted by atomic mass is 10.1. The molecule has 0 radical (unpaired) electrons. The van der Waals surface area contributed by atoms with Gasteiger partial charge in [-0.05, 0) is 35.9 Å². The number of hydrogen-bond acceptors (Lipinski definition) is 6. The Morgan fingerprint density at radius 3 is 2.03 bits per heavy atom. The molecule has 2 heterocycles. The quantitative estimate of drug-likeness (QED) is 0.452. The maximum atomic E-state index is 13.7. The number of sulfonamides is 1. The summed E-state index contributed by atoms with van der Waals surface area (Å²) in [5, 5.41) is 10.7. The van der Waals surface area contributed by atoms with Gasteiger partial charge in [0.05, 0.1) is 16.9 Å². The fourth-order valence-corrected chi connectivity index (χ4v) is 7.49. The van der Waals surface area contributed by atoms with Gasteiger partial charge in [-0.25, -0.2) is 20.8 Å². The highest BCUT2D eigenvalue weighted by molar-refractivity contribution is 7.90. The van der Waals surface area contributed by atoms with Crippen LogP contribution in [0.3, 0.4) is 0 Å². The maximum Gasteiger partial charge on any atom is 0.268 e. The summed E-state index contributed by atoms with van der Waals surface area (Å²) < 4.78 is 62.1. The van der Waals surface area contributed by atoms with Gasteiger partial charge in [0.25, 0.3) is 10.0 Å². The van der Waals surface area contributed by atoms with E-state index in [1.165, 1.54) is 51.8 Å². The second-order valence-corrected chi connectivity index (χ2v) is 11.7. The van der Waals surface area contributed by atoms with Gasteiger partial charge in [0, 0.05) is 36.7 Å². The molecule has 0 aliphatic carbocycles. The van der Waals surface area contributed by atoms with Gasteiger partial charge >= 0.3 is 0 Å². The van der Waals surface area contributed by atoms with Gasteiger partial charge in [-0.15, -0.1) is 0 Å². The van der Waals surface area contributed by atoms with Crippen molar-refractivity contribution < 1.29 is 26.7 Å². The molecule has 4 aromatic rings. The van der Waals surface area contributed by atoms with Gasteiger partial charge < -0.3 is 9.84 Å². The van der Waals surface area contributed by atoms with E-state index in [-0.39, 0.29) is 46.3 Å². The van der Waals surface area contributed by atoms with Crippen molar-refractivity contribution >= 4 is 30.9 Å². The molecule has 1 aromatic heterocycles. The van der Waals surface area contributed by atoms with Crippen LogP contribution in [0.25, 0.3) is 10.9 Å². The number of methoxy groups -OCH3 is 1. The largest absolute Gasteiger partial charge is 0.508 e. The van der Waals surface area contributed by atoms with Crippen molar-refractivity contribution in [2.45, 2.75) is 22.8 Å². The van der Waals surface area contributed by atoms with Crippen LogP contribution in [0.15, 0.2) is 82.6 Å². The zero-order valence-electron chi connectivity index (χ0n) is 18.2. The third kappa shape index (κ3) is 3.46. The van der Waals surface area contributed by atoms with Crippen LogP contribution in [0.4, 0.5) is 0 Å². The first-order chi connectivity index (χ1) is 16.2. The summed E-state index contributed by atoms with van der Waals surface area (Å²) in [7, 11) is -6.43. The van der Waals surface area contributed by atoms with Crippen molar-refractivity contribution in [3.8, 4) is 11.5 Å². The van der Waals surface area contributed by atoms with E-state index in [0.29, 0.717) is 16.6 Å². The molecule has 34 heavy (non-hydrogen) atoms. The minimum atomic E-state index is -4.03. The highest BCUT2D eigenvalue weighted by Crippen LogP contribution is 2.41. The second kappa shape index (κ2) is 8.15. The van der Waals surface area contributed by atoms with E-state index in [0.717, 1.165) is 0 Å². The zero-order chi connectivity index (χ0) is 24.1. The van der Waals surface area contributed by atoms with Crippen molar-refractivity contribution in [3.63, 3.8) is 0 Å². The summed E-state index contributed by atoms with van der Waals surface area (Å²) in [6.07, 6.45) is 0.173. The van der Waals surface area contributed by atoms with Gasteiger partial charge in [0.15, 0.2) is 0 Å². The molecule has 8 nitrogen and oxygen atoms in total. The number of rotatable bonds is 5. The average molecular weight is 499 g/mol. The van der Waals surface area contributed by atoms with Crippen LogP contribution >= 0.6 is 0 Å². The molecule has 0 unspecified atom stereocenters. The number of nitrogens with zero attached hydrogens (tertiary/aromatic N) is 2. The lowest BCUT2D eigenvalue weighted by Gasteiger charge is -2.27. The van der Waals surface area contributed by atoms with Gasteiger partial charge in [-0.2, -0.15) is 4.31 Å². The molecule has 0 saturated heterocycles. The normalized spacial score (nSPS) is 14.7. The Morgan fingerprint density at radius 2 is 1.44 bits per heavy atom. The summed E-state index contributed by atoms with van der Waals surface area (Å²) in [6.45, 7) is 0.0755. The number of fused-ring (bicyclic) bond motifs is 3. The molecule has 1 aliphatic heterocycles. The van der Waals surface area contributed by atoms with E-state index < -0.39 is 20.0 Å². The molecule has 10 heteroatoms. The van der Waals surface area contributed by atoms with Crippen molar-refractivity contribution in [2.24, 2.45) is 0 Å². The van der Waals surface area contributed by atoms with Crippen molar-refractivity contribution in [3.05, 3.63) is 84.1 Å². The van der Waals surface area contributed by atoms with E-state index in [1.54, 1.807) is 36.4 Å². The van der Waals surface area contributed by atoms with Crippen LogP contribution in [0.2, 0.25) is 0 Å². The smallest absolute Gasteiger partial charge is 0.268 e. The molecule has 0 atom stereocenters. The molecule has 1 N–H and O–H groups in total. The lowest BCUT2D eigenvalue weighted by molar-refractivity contribution is 0.390. The first kappa shape index (κ1) is 22.5. The van der Waals surface area contributed by atoms with Crippen molar-refractivity contribution in [2.75, 3.05) is 13.7 Å². The topological polar surface area (TPSA) is 106 Å². The molecule has 3 aromatic carbocycles. The highest BCUT2D eigenvalue weighted by atomic mass is 32.2. The summed E-state index contributed by atoms with van der Waals surface area (Å²) in [6, 6.07) is 18.9. The van der Waals surface area contributed by atoms with E-state index in [2.05, 4.69) is 0 Å². The van der Waals surface area contributed by atoms with Crippen LogP contribution in [-0.2, 0) is 33.0 Å². The monoisotopic (exact) mass is 498 g/mol. The SMILES string of the molecule is COc1cc(O)cc2c3c(n(S(=O)(=O)c4ccccc4)c12)CCN(S(=O)(=O)c1ccccc1)C3. The third-order valence-corrected chi connectivity index (χ3v) is 9.61. The fraction of sp³-hybridized carbons (Fsp3) is 0.167. The second-order valence-electron chi connectivity index (χ2n) is 7.95. The Balaban J connectivity index is 1.75. The van der Waals surface area contributed by atoms with Gasteiger partial charge in [0.2, 0.25) is 10.0 Å². The van der Waals surface area contributed by atoms with Crippen LogP contribution in [0.5, 0.6) is 11.5 Å². The van der Waals surface area contributed by atoms with Crippen molar-refractivity contribution in [1.82, 2.24) is 8.28 Å². The predicted octanol–water partition coefficient (Wildman–Crippen LogP) is 3.34. The van der Waals surface area contributed by atoms with E-state index in [9.17, 15) is 21.9 Å². The maximum absolute atomic E-state index is 13.7. The Bertz CT molecular complexity index is 1600. The summed E-state index contributed by atoms with van der Waals surface area (Å²) in [5.41, 5.74) is 1.27. The Morgan fingerprint density at radius 1 is 0.853 bits per heavy atom. The molecule has 5 rings (SSSR count). The fourth-order valence-electron chi connectivity index (χ4n) is 4.43. The Labute approximate surface area is 197 Å². The lowest BCUT2D eigenvalue weighted by Crippen LogP contribution is -2.36.